The maximum absolute atomic E-state index is 12.7. The van der Waals surface area contributed by atoms with Crippen LogP contribution in [0.3, 0.4) is 0 Å². The van der Waals surface area contributed by atoms with Crippen molar-refractivity contribution in [2.75, 3.05) is 38.6 Å². The Bertz CT molecular complexity index is 800. The van der Waals surface area contributed by atoms with E-state index in [0.717, 1.165) is 37.2 Å². The lowest BCUT2D eigenvalue weighted by Crippen LogP contribution is -2.35. The van der Waals surface area contributed by atoms with Crippen LogP contribution in [0.15, 0.2) is 48.5 Å². The van der Waals surface area contributed by atoms with Crippen molar-refractivity contribution in [1.82, 2.24) is 10.2 Å². The molecule has 0 aliphatic heterocycles. The minimum absolute atomic E-state index is 0.101. The molecule has 0 aromatic heterocycles. The van der Waals surface area contributed by atoms with Crippen LogP contribution in [0.5, 0.6) is 5.75 Å². The molecule has 2 aromatic rings. The summed E-state index contributed by atoms with van der Waals surface area (Å²) >= 11 is 0. The number of hydrogen-bond donors (Lipinski definition) is 2. The van der Waals surface area contributed by atoms with E-state index in [1.165, 1.54) is 0 Å². The van der Waals surface area contributed by atoms with Crippen molar-refractivity contribution >= 4 is 17.5 Å². The number of benzene rings is 2. The zero-order valence-electron chi connectivity index (χ0n) is 18.2. The number of nitrogens with zero attached hydrogens (tertiary/aromatic N) is 1. The fraction of sp³-hybridized carbons (Fsp3) is 0.417. The van der Waals surface area contributed by atoms with Crippen molar-refractivity contribution in [3.63, 3.8) is 0 Å². The van der Waals surface area contributed by atoms with E-state index in [4.69, 9.17) is 4.74 Å². The third kappa shape index (κ3) is 7.52. The Kier molecular flexibility index (Phi) is 9.87. The van der Waals surface area contributed by atoms with Crippen LogP contribution in [0, 0.1) is 0 Å². The molecule has 2 aromatic carbocycles. The van der Waals surface area contributed by atoms with Gasteiger partial charge in [-0.05, 0) is 62.2 Å². The number of hydrogen-bond acceptors (Lipinski definition) is 4. The third-order valence-corrected chi connectivity index (χ3v) is 4.75. The topological polar surface area (TPSA) is 70.7 Å². The standard InChI is InChI=1S/C24H33N3O3/c1-4-16-27(17-5-2)18-23(28)26-22-9-7-6-8-21(22)24(29)25-15-14-19-10-12-20(30-3)13-11-19/h6-13H,4-5,14-18H2,1-3H3,(H,25,29)(H,26,28). The smallest absolute Gasteiger partial charge is 0.253 e. The number of ether oxygens (including phenoxy) is 1. The van der Waals surface area contributed by atoms with Gasteiger partial charge < -0.3 is 15.4 Å². The zero-order valence-corrected chi connectivity index (χ0v) is 18.2. The molecule has 2 rings (SSSR count). The number of carbonyl (C=O) groups is 2. The average Bonchev–Trinajstić information content (AvgIpc) is 2.75. The summed E-state index contributed by atoms with van der Waals surface area (Å²) in [6.07, 6.45) is 2.72. The highest BCUT2D eigenvalue weighted by Crippen LogP contribution is 2.15. The van der Waals surface area contributed by atoms with Crippen LogP contribution in [0.25, 0.3) is 0 Å². The second-order valence-corrected chi connectivity index (χ2v) is 7.22. The summed E-state index contributed by atoms with van der Waals surface area (Å²) in [6, 6.07) is 14.9. The maximum Gasteiger partial charge on any atom is 0.253 e. The van der Waals surface area contributed by atoms with E-state index in [1.54, 1.807) is 25.3 Å². The molecule has 0 radical (unpaired) electrons. The van der Waals surface area contributed by atoms with Crippen LogP contribution < -0.4 is 15.4 Å². The first kappa shape index (κ1) is 23.4. The van der Waals surface area contributed by atoms with Crippen molar-refractivity contribution < 1.29 is 14.3 Å². The molecule has 0 aliphatic carbocycles. The van der Waals surface area contributed by atoms with Gasteiger partial charge in [0, 0.05) is 6.54 Å². The molecule has 30 heavy (non-hydrogen) atoms. The molecule has 0 aliphatic rings. The second-order valence-electron chi connectivity index (χ2n) is 7.22. The summed E-state index contributed by atoms with van der Waals surface area (Å²) < 4.78 is 5.16. The van der Waals surface area contributed by atoms with E-state index in [1.807, 2.05) is 30.3 Å². The molecule has 0 saturated carbocycles. The molecule has 0 atom stereocenters. The van der Waals surface area contributed by atoms with Gasteiger partial charge in [-0.1, -0.05) is 38.1 Å². The lowest BCUT2D eigenvalue weighted by atomic mass is 10.1. The molecule has 0 heterocycles. The summed E-state index contributed by atoms with van der Waals surface area (Å²) in [5, 5.41) is 5.84. The minimum atomic E-state index is -0.196. The van der Waals surface area contributed by atoms with Gasteiger partial charge in [-0.15, -0.1) is 0 Å². The highest BCUT2D eigenvalue weighted by atomic mass is 16.5. The van der Waals surface area contributed by atoms with Gasteiger partial charge >= 0.3 is 0 Å². The van der Waals surface area contributed by atoms with Crippen molar-refractivity contribution in [3.05, 3.63) is 59.7 Å². The van der Waals surface area contributed by atoms with Gasteiger partial charge in [-0.2, -0.15) is 0 Å². The van der Waals surface area contributed by atoms with Gasteiger partial charge in [-0.25, -0.2) is 0 Å². The molecule has 0 unspecified atom stereocenters. The maximum atomic E-state index is 12.7. The van der Waals surface area contributed by atoms with E-state index >= 15 is 0 Å². The van der Waals surface area contributed by atoms with E-state index in [-0.39, 0.29) is 11.8 Å². The Morgan fingerprint density at radius 3 is 2.27 bits per heavy atom. The Balaban J connectivity index is 1.92. The highest BCUT2D eigenvalue weighted by Gasteiger charge is 2.14. The van der Waals surface area contributed by atoms with Gasteiger partial charge in [0.15, 0.2) is 0 Å². The van der Waals surface area contributed by atoms with Crippen LogP contribution in [0.1, 0.15) is 42.6 Å². The van der Waals surface area contributed by atoms with Crippen LogP contribution in [-0.4, -0.2) is 50.0 Å². The largest absolute Gasteiger partial charge is 0.497 e. The minimum Gasteiger partial charge on any atom is -0.497 e. The van der Waals surface area contributed by atoms with Crippen LogP contribution in [0.2, 0.25) is 0 Å². The molecular weight excluding hydrogens is 378 g/mol. The van der Waals surface area contributed by atoms with Gasteiger partial charge in [0.1, 0.15) is 5.75 Å². The number of methoxy groups -OCH3 is 1. The van der Waals surface area contributed by atoms with E-state index in [9.17, 15) is 9.59 Å². The number of nitrogens with one attached hydrogen (secondary N) is 2. The van der Waals surface area contributed by atoms with E-state index in [2.05, 4.69) is 29.4 Å². The Hall–Kier alpha value is -2.86. The summed E-state index contributed by atoms with van der Waals surface area (Å²) in [4.78, 5) is 27.3. The van der Waals surface area contributed by atoms with Crippen LogP contribution >= 0.6 is 0 Å². The first-order valence-electron chi connectivity index (χ1n) is 10.6. The molecule has 2 N–H and O–H groups in total. The molecule has 6 heteroatoms. The molecule has 2 amide bonds. The number of amides is 2. The van der Waals surface area contributed by atoms with Crippen molar-refractivity contribution in [2.24, 2.45) is 0 Å². The fourth-order valence-electron chi connectivity index (χ4n) is 3.29. The quantitative estimate of drug-likeness (QED) is 0.558. The molecule has 0 spiro atoms. The van der Waals surface area contributed by atoms with E-state index < -0.39 is 0 Å². The van der Waals surface area contributed by atoms with Gasteiger partial charge in [0.05, 0.1) is 24.9 Å². The Morgan fingerprint density at radius 1 is 0.967 bits per heavy atom. The predicted octanol–water partition coefficient (Wildman–Crippen LogP) is 3.73. The van der Waals surface area contributed by atoms with Gasteiger partial charge in [0.25, 0.3) is 5.91 Å². The zero-order chi connectivity index (χ0) is 21.8. The number of para-hydroxylation sites is 1. The van der Waals surface area contributed by atoms with Gasteiger partial charge in [-0.3, -0.25) is 14.5 Å². The van der Waals surface area contributed by atoms with Crippen LogP contribution in [-0.2, 0) is 11.2 Å². The Morgan fingerprint density at radius 2 is 1.63 bits per heavy atom. The SMILES string of the molecule is CCCN(CCC)CC(=O)Nc1ccccc1C(=O)NCCc1ccc(OC)cc1. The average molecular weight is 412 g/mol. The van der Waals surface area contributed by atoms with Crippen molar-refractivity contribution in [1.29, 1.82) is 0 Å². The normalized spacial score (nSPS) is 10.7. The predicted molar refractivity (Wildman–Crippen MR) is 121 cm³/mol. The molecule has 0 fully saturated rings. The number of carbonyl (C=O) groups excluding carboxylic acids is 2. The molecule has 0 bridgehead atoms. The Labute approximate surface area is 179 Å². The van der Waals surface area contributed by atoms with Crippen LogP contribution in [0.4, 0.5) is 5.69 Å². The molecule has 6 nitrogen and oxygen atoms in total. The van der Waals surface area contributed by atoms with E-state index in [0.29, 0.717) is 30.8 Å². The summed E-state index contributed by atoms with van der Waals surface area (Å²) in [6.45, 7) is 6.81. The molecule has 0 saturated heterocycles. The highest BCUT2D eigenvalue weighted by molar-refractivity contribution is 6.04. The first-order chi connectivity index (χ1) is 14.6. The van der Waals surface area contributed by atoms with Crippen molar-refractivity contribution in [3.8, 4) is 5.75 Å². The summed E-state index contributed by atoms with van der Waals surface area (Å²) in [7, 11) is 1.64. The van der Waals surface area contributed by atoms with Crippen molar-refractivity contribution in [2.45, 2.75) is 33.1 Å². The summed E-state index contributed by atoms with van der Waals surface area (Å²) in [5.41, 5.74) is 2.13. The lowest BCUT2D eigenvalue weighted by molar-refractivity contribution is -0.117. The number of rotatable bonds is 12. The lowest BCUT2D eigenvalue weighted by Gasteiger charge is -2.20. The van der Waals surface area contributed by atoms with Gasteiger partial charge in [0.2, 0.25) is 5.91 Å². The number of anilines is 1. The third-order valence-electron chi connectivity index (χ3n) is 4.75. The molecular formula is C24H33N3O3. The summed E-state index contributed by atoms with van der Waals surface area (Å²) in [5.74, 6) is 0.512. The monoisotopic (exact) mass is 411 g/mol. The molecule has 162 valence electrons. The fourth-order valence-corrected chi connectivity index (χ4v) is 3.29. The second kappa shape index (κ2) is 12.6. The first-order valence-corrected chi connectivity index (χ1v) is 10.6.